The van der Waals surface area contributed by atoms with E-state index in [-0.39, 0.29) is 17.5 Å². The molecule has 3 heteroatoms. The van der Waals surface area contributed by atoms with Crippen LogP contribution < -0.4 is 5.32 Å². The van der Waals surface area contributed by atoms with Crippen molar-refractivity contribution in [1.82, 2.24) is 5.32 Å². The topological polar surface area (TPSA) is 38.3 Å². The highest BCUT2D eigenvalue weighted by Gasteiger charge is 2.25. The van der Waals surface area contributed by atoms with Crippen LogP contribution in [0, 0.1) is 11.8 Å². The highest BCUT2D eigenvalue weighted by molar-refractivity contribution is 5.72. The summed E-state index contributed by atoms with van der Waals surface area (Å²) in [7, 11) is 0. The van der Waals surface area contributed by atoms with Gasteiger partial charge < -0.3 is 10.1 Å². The summed E-state index contributed by atoms with van der Waals surface area (Å²) >= 11 is 0. The van der Waals surface area contributed by atoms with Crippen molar-refractivity contribution in [3.63, 3.8) is 0 Å². The Bertz CT molecular complexity index is 270. The normalized spacial score (nSPS) is 26.7. The molecule has 18 heavy (non-hydrogen) atoms. The average Bonchev–Trinajstić information content (AvgIpc) is 2.25. The summed E-state index contributed by atoms with van der Waals surface area (Å²) in [6, 6.07) is 0.573. The summed E-state index contributed by atoms with van der Waals surface area (Å²) in [5.41, 5.74) is -0.385. The fourth-order valence-corrected chi connectivity index (χ4v) is 2.43. The molecule has 1 aliphatic rings. The summed E-state index contributed by atoms with van der Waals surface area (Å²) in [6.07, 6.45) is 5.20. The third-order valence-corrected chi connectivity index (χ3v) is 3.61. The molecule has 1 saturated carbocycles. The zero-order valence-electron chi connectivity index (χ0n) is 12.6. The molecule has 0 amide bonds. The number of carbonyl (C=O) groups excluding carboxylic acids is 1. The molecule has 106 valence electrons. The van der Waals surface area contributed by atoms with Crippen molar-refractivity contribution >= 4 is 5.97 Å². The quantitative estimate of drug-likeness (QED) is 0.784. The third-order valence-electron chi connectivity index (χ3n) is 3.61. The SMILES string of the molecule is CC(CNC1CCCCC1C)C(=O)OC(C)(C)C. The van der Waals surface area contributed by atoms with Gasteiger partial charge in [-0.25, -0.2) is 0 Å². The van der Waals surface area contributed by atoms with E-state index < -0.39 is 0 Å². The maximum atomic E-state index is 11.9. The van der Waals surface area contributed by atoms with E-state index in [4.69, 9.17) is 4.74 Å². The minimum Gasteiger partial charge on any atom is -0.460 e. The van der Waals surface area contributed by atoms with E-state index in [1.54, 1.807) is 0 Å². The van der Waals surface area contributed by atoms with Crippen LogP contribution in [-0.2, 0) is 9.53 Å². The van der Waals surface area contributed by atoms with E-state index in [2.05, 4.69) is 12.2 Å². The van der Waals surface area contributed by atoms with Gasteiger partial charge in [0.25, 0.3) is 0 Å². The number of rotatable bonds is 4. The van der Waals surface area contributed by atoms with Crippen LogP contribution in [0.4, 0.5) is 0 Å². The van der Waals surface area contributed by atoms with Crippen LogP contribution in [0.25, 0.3) is 0 Å². The summed E-state index contributed by atoms with van der Waals surface area (Å²) in [4.78, 5) is 11.9. The van der Waals surface area contributed by atoms with Crippen molar-refractivity contribution in [3.8, 4) is 0 Å². The maximum Gasteiger partial charge on any atom is 0.310 e. The summed E-state index contributed by atoms with van der Waals surface area (Å²) in [5.74, 6) is 0.557. The zero-order chi connectivity index (χ0) is 13.8. The molecule has 0 saturated heterocycles. The standard InChI is InChI=1S/C15H29NO2/c1-11-8-6-7-9-13(11)16-10-12(2)14(17)18-15(3,4)5/h11-13,16H,6-10H2,1-5H3. The Morgan fingerprint density at radius 3 is 2.50 bits per heavy atom. The van der Waals surface area contributed by atoms with Crippen molar-refractivity contribution in [1.29, 1.82) is 0 Å². The monoisotopic (exact) mass is 255 g/mol. The molecule has 0 bridgehead atoms. The second-order valence-electron chi connectivity index (χ2n) is 6.71. The Labute approximate surface area is 112 Å². The van der Waals surface area contributed by atoms with Crippen molar-refractivity contribution in [2.45, 2.75) is 71.9 Å². The van der Waals surface area contributed by atoms with E-state index in [0.717, 1.165) is 12.5 Å². The number of esters is 1. The molecular weight excluding hydrogens is 226 g/mol. The Hall–Kier alpha value is -0.570. The van der Waals surface area contributed by atoms with Crippen LogP contribution in [0.15, 0.2) is 0 Å². The van der Waals surface area contributed by atoms with Crippen molar-refractivity contribution in [3.05, 3.63) is 0 Å². The molecular formula is C15H29NO2. The van der Waals surface area contributed by atoms with Crippen molar-refractivity contribution in [2.75, 3.05) is 6.54 Å². The largest absolute Gasteiger partial charge is 0.460 e. The molecule has 0 aromatic heterocycles. The third kappa shape index (κ3) is 5.38. The minimum absolute atomic E-state index is 0.0710. The van der Waals surface area contributed by atoms with E-state index >= 15 is 0 Å². The van der Waals surface area contributed by atoms with Gasteiger partial charge in [0.2, 0.25) is 0 Å². The molecule has 1 N–H and O–H groups in total. The van der Waals surface area contributed by atoms with Crippen LogP contribution in [-0.4, -0.2) is 24.2 Å². The number of ether oxygens (including phenoxy) is 1. The number of hydrogen-bond acceptors (Lipinski definition) is 3. The molecule has 1 aliphatic carbocycles. The molecule has 3 atom stereocenters. The van der Waals surface area contributed by atoms with E-state index in [9.17, 15) is 4.79 Å². The first-order chi connectivity index (χ1) is 8.29. The molecule has 0 aromatic rings. The van der Waals surface area contributed by atoms with Gasteiger partial charge in [0.15, 0.2) is 0 Å². The van der Waals surface area contributed by atoms with Gasteiger partial charge in [-0.05, 0) is 39.5 Å². The number of carbonyl (C=O) groups is 1. The Balaban J connectivity index is 2.31. The van der Waals surface area contributed by atoms with E-state index in [0.29, 0.717) is 6.04 Å². The van der Waals surface area contributed by atoms with Gasteiger partial charge >= 0.3 is 5.97 Å². The lowest BCUT2D eigenvalue weighted by Gasteiger charge is -2.31. The van der Waals surface area contributed by atoms with Crippen LogP contribution in [0.2, 0.25) is 0 Å². The van der Waals surface area contributed by atoms with Gasteiger partial charge in [0, 0.05) is 12.6 Å². The van der Waals surface area contributed by atoms with Crippen LogP contribution in [0.3, 0.4) is 0 Å². The van der Waals surface area contributed by atoms with Gasteiger partial charge in [-0.1, -0.05) is 26.7 Å². The zero-order valence-corrected chi connectivity index (χ0v) is 12.6. The first kappa shape index (κ1) is 15.5. The smallest absolute Gasteiger partial charge is 0.310 e. The predicted octanol–water partition coefficient (Wildman–Crippen LogP) is 3.13. The molecule has 0 aliphatic heterocycles. The Morgan fingerprint density at radius 1 is 1.33 bits per heavy atom. The van der Waals surface area contributed by atoms with Crippen molar-refractivity contribution < 1.29 is 9.53 Å². The van der Waals surface area contributed by atoms with E-state index in [1.165, 1.54) is 25.7 Å². The highest BCUT2D eigenvalue weighted by atomic mass is 16.6. The predicted molar refractivity (Wildman–Crippen MR) is 74.4 cm³/mol. The van der Waals surface area contributed by atoms with Gasteiger partial charge in [-0.2, -0.15) is 0 Å². The lowest BCUT2D eigenvalue weighted by Crippen LogP contribution is -2.41. The molecule has 0 heterocycles. The van der Waals surface area contributed by atoms with Crippen molar-refractivity contribution in [2.24, 2.45) is 11.8 Å². The minimum atomic E-state index is -0.385. The lowest BCUT2D eigenvalue weighted by molar-refractivity contribution is -0.159. The summed E-state index contributed by atoms with van der Waals surface area (Å²) in [5, 5.41) is 3.54. The highest BCUT2D eigenvalue weighted by Crippen LogP contribution is 2.23. The first-order valence-corrected chi connectivity index (χ1v) is 7.26. The molecule has 1 fully saturated rings. The Kier molecular flexibility index (Phi) is 5.64. The molecule has 1 rings (SSSR count). The average molecular weight is 255 g/mol. The number of hydrogen-bond donors (Lipinski definition) is 1. The van der Waals surface area contributed by atoms with E-state index in [1.807, 2.05) is 27.7 Å². The lowest BCUT2D eigenvalue weighted by atomic mass is 9.86. The van der Waals surface area contributed by atoms with Crippen LogP contribution in [0.1, 0.15) is 60.3 Å². The second-order valence-corrected chi connectivity index (χ2v) is 6.71. The fourth-order valence-electron chi connectivity index (χ4n) is 2.43. The summed E-state index contributed by atoms with van der Waals surface area (Å²) in [6.45, 7) is 10.7. The maximum absolute atomic E-state index is 11.9. The number of nitrogens with one attached hydrogen (secondary N) is 1. The van der Waals surface area contributed by atoms with Gasteiger partial charge in [-0.3, -0.25) is 4.79 Å². The first-order valence-electron chi connectivity index (χ1n) is 7.26. The molecule has 0 radical (unpaired) electrons. The molecule has 0 spiro atoms. The molecule has 3 unspecified atom stereocenters. The fraction of sp³-hybridized carbons (Fsp3) is 0.933. The van der Waals surface area contributed by atoms with Crippen LogP contribution >= 0.6 is 0 Å². The molecule has 0 aromatic carbocycles. The van der Waals surface area contributed by atoms with Gasteiger partial charge in [0.1, 0.15) is 5.60 Å². The summed E-state index contributed by atoms with van der Waals surface area (Å²) < 4.78 is 5.39. The van der Waals surface area contributed by atoms with Gasteiger partial charge in [-0.15, -0.1) is 0 Å². The second kappa shape index (κ2) is 6.55. The molecule has 3 nitrogen and oxygen atoms in total. The Morgan fingerprint density at radius 2 is 1.94 bits per heavy atom. The van der Waals surface area contributed by atoms with Gasteiger partial charge in [0.05, 0.1) is 5.92 Å². The van der Waals surface area contributed by atoms with Crippen LogP contribution in [0.5, 0.6) is 0 Å².